The molecule has 0 aliphatic rings. The maximum absolute atomic E-state index is 11.4. The number of nitrogens with two attached hydrogens (primary N) is 1. The fourth-order valence-electron chi connectivity index (χ4n) is 1.01. The van der Waals surface area contributed by atoms with Crippen LogP contribution in [0.2, 0.25) is 0 Å². The van der Waals surface area contributed by atoms with Crippen molar-refractivity contribution in [1.29, 1.82) is 0 Å². The number of nitrogen functional groups attached to an aromatic ring is 1. The van der Waals surface area contributed by atoms with Crippen molar-refractivity contribution in [2.75, 3.05) is 12.3 Å². The molecule has 0 amide bonds. The van der Waals surface area contributed by atoms with Gasteiger partial charge < -0.3 is 10.5 Å². The molecular formula is C13H19NO2. The number of ether oxygens (including phenoxy) is 1. The molecule has 0 bridgehead atoms. The summed E-state index contributed by atoms with van der Waals surface area (Å²) in [7, 11) is 0. The van der Waals surface area contributed by atoms with Crippen LogP contribution in [0.5, 0.6) is 0 Å². The summed E-state index contributed by atoms with van der Waals surface area (Å²) in [4.78, 5) is 11.4. The Bertz CT molecular complexity index is 306. The highest BCUT2D eigenvalue weighted by molar-refractivity contribution is 5.89. The Morgan fingerprint density at radius 3 is 2.38 bits per heavy atom. The summed E-state index contributed by atoms with van der Waals surface area (Å²) >= 11 is 0. The van der Waals surface area contributed by atoms with Crippen molar-refractivity contribution in [2.45, 2.75) is 19.8 Å². The minimum atomic E-state index is -0.279. The average molecular weight is 221 g/mol. The van der Waals surface area contributed by atoms with E-state index >= 15 is 0 Å². The third kappa shape index (κ3) is 5.20. The number of carbonyl (C=O) groups excluding carboxylic acids is 1. The fraction of sp³-hybridized carbons (Fsp3) is 0.308. The molecule has 1 aromatic rings. The lowest BCUT2D eigenvalue weighted by Gasteiger charge is -2.03. The second-order valence-electron chi connectivity index (χ2n) is 3.11. The maximum atomic E-state index is 11.4. The van der Waals surface area contributed by atoms with Crippen molar-refractivity contribution < 1.29 is 9.53 Å². The molecule has 1 aromatic carbocycles. The standard InChI is InChI=1S/C11H15NO2.C2H4/c1-2-3-8-14-11(13)9-4-6-10(12)7-5-9;1-2/h4-7H,2-3,8,12H2,1H3;1-2H2. The third-order valence-corrected chi connectivity index (χ3v) is 1.88. The van der Waals surface area contributed by atoms with Gasteiger partial charge in [-0.2, -0.15) is 0 Å². The predicted molar refractivity (Wildman–Crippen MR) is 67.3 cm³/mol. The van der Waals surface area contributed by atoms with Crippen LogP contribution >= 0.6 is 0 Å². The smallest absolute Gasteiger partial charge is 0.338 e. The molecule has 1 rings (SSSR count). The van der Waals surface area contributed by atoms with Gasteiger partial charge in [0.1, 0.15) is 0 Å². The quantitative estimate of drug-likeness (QED) is 0.368. The first-order chi connectivity index (χ1) is 7.74. The molecule has 0 spiro atoms. The lowest BCUT2D eigenvalue weighted by Crippen LogP contribution is -2.06. The first-order valence-electron chi connectivity index (χ1n) is 5.26. The summed E-state index contributed by atoms with van der Waals surface area (Å²) in [5.41, 5.74) is 6.70. The summed E-state index contributed by atoms with van der Waals surface area (Å²) in [6, 6.07) is 6.72. The number of benzene rings is 1. The van der Waals surface area contributed by atoms with Crippen molar-refractivity contribution in [2.24, 2.45) is 0 Å². The monoisotopic (exact) mass is 221 g/mol. The second-order valence-corrected chi connectivity index (χ2v) is 3.11. The highest BCUT2D eigenvalue weighted by Crippen LogP contribution is 2.07. The normalized spacial score (nSPS) is 8.81. The second kappa shape index (κ2) is 8.53. The third-order valence-electron chi connectivity index (χ3n) is 1.88. The highest BCUT2D eigenvalue weighted by atomic mass is 16.5. The predicted octanol–water partition coefficient (Wildman–Crippen LogP) is 3.03. The summed E-state index contributed by atoms with van der Waals surface area (Å²) in [6.45, 7) is 8.54. The van der Waals surface area contributed by atoms with E-state index in [1.54, 1.807) is 24.3 Å². The van der Waals surface area contributed by atoms with Gasteiger partial charge in [-0.3, -0.25) is 0 Å². The van der Waals surface area contributed by atoms with Gasteiger partial charge in [-0.1, -0.05) is 13.3 Å². The van der Waals surface area contributed by atoms with E-state index in [2.05, 4.69) is 20.1 Å². The number of unbranched alkanes of at least 4 members (excludes halogenated alkanes) is 1. The number of anilines is 1. The van der Waals surface area contributed by atoms with Gasteiger partial charge in [0.2, 0.25) is 0 Å². The van der Waals surface area contributed by atoms with Gasteiger partial charge in [-0.25, -0.2) is 4.79 Å². The van der Waals surface area contributed by atoms with Crippen LogP contribution in [0.15, 0.2) is 37.4 Å². The van der Waals surface area contributed by atoms with Crippen LogP contribution in [-0.2, 0) is 4.74 Å². The zero-order valence-corrected chi connectivity index (χ0v) is 9.74. The zero-order valence-electron chi connectivity index (χ0n) is 9.74. The Kier molecular flexibility index (Phi) is 7.59. The molecule has 3 heteroatoms. The molecule has 0 aliphatic heterocycles. The molecule has 2 N–H and O–H groups in total. The van der Waals surface area contributed by atoms with Crippen LogP contribution in [0.1, 0.15) is 30.1 Å². The Morgan fingerprint density at radius 2 is 1.88 bits per heavy atom. The van der Waals surface area contributed by atoms with Crippen LogP contribution in [0.3, 0.4) is 0 Å². The Balaban J connectivity index is 0.00000106. The molecule has 0 radical (unpaired) electrons. The molecule has 88 valence electrons. The van der Waals surface area contributed by atoms with Gasteiger partial charge in [-0.05, 0) is 30.7 Å². The minimum Gasteiger partial charge on any atom is -0.462 e. The van der Waals surface area contributed by atoms with Crippen LogP contribution in [0, 0.1) is 0 Å². The number of carbonyl (C=O) groups is 1. The molecular weight excluding hydrogens is 202 g/mol. The van der Waals surface area contributed by atoms with Gasteiger partial charge in [0, 0.05) is 5.69 Å². The molecule has 0 aromatic heterocycles. The first kappa shape index (κ1) is 14.2. The van der Waals surface area contributed by atoms with Crippen molar-refractivity contribution >= 4 is 11.7 Å². The summed E-state index contributed by atoms with van der Waals surface area (Å²) in [6.07, 6.45) is 1.93. The SMILES string of the molecule is C=C.CCCCOC(=O)c1ccc(N)cc1. The summed E-state index contributed by atoms with van der Waals surface area (Å²) in [5.74, 6) is -0.279. The molecule has 0 heterocycles. The number of rotatable bonds is 4. The number of esters is 1. The molecule has 3 nitrogen and oxygen atoms in total. The Morgan fingerprint density at radius 1 is 1.31 bits per heavy atom. The van der Waals surface area contributed by atoms with E-state index in [1.165, 1.54) is 0 Å². The number of hydrogen-bond acceptors (Lipinski definition) is 3. The van der Waals surface area contributed by atoms with E-state index in [9.17, 15) is 4.79 Å². The van der Waals surface area contributed by atoms with Crippen LogP contribution in [-0.4, -0.2) is 12.6 Å². The van der Waals surface area contributed by atoms with Crippen molar-refractivity contribution in [3.63, 3.8) is 0 Å². The topological polar surface area (TPSA) is 52.3 Å². The van der Waals surface area contributed by atoms with Gasteiger partial charge >= 0.3 is 5.97 Å². The lowest BCUT2D eigenvalue weighted by molar-refractivity contribution is 0.0500. The fourth-order valence-corrected chi connectivity index (χ4v) is 1.01. The highest BCUT2D eigenvalue weighted by Gasteiger charge is 2.05. The first-order valence-corrected chi connectivity index (χ1v) is 5.26. The van der Waals surface area contributed by atoms with Crippen molar-refractivity contribution in [1.82, 2.24) is 0 Å². The van der Waals surface area contributed by atoms with Gasteiger partial charge in [-0.15, -0.1) is 13.2 Å². The van der Waals surface area contributed by atoms with Crippen molar-refractivity contribution in [3.8, 4) is 0 Å². The van der Waals surface area contributed by atoms with E-state index in [0.717, 1.165) is 12.8 Å². The van der Waals surface area contributed by atoms with E-state index in [4.69, 9.17) is 10.5 Å². The molecule has 0 unspecified atom stereocenters. The largest absolute Gasteiger partial charge is 0.462 e. The maximum Gasteiger partial charge on any atom is 0.338 e. The Hall–Kier alpha value is -1.77. The zero-order chi connectivity index (χ0) is 12.4. The minimum absolute atomic E-state index is 0.279. The van der Waals surface area contributed by atoms with Gasteiger partial charge in [0.05, 0.1) is 12.2 Å². The molecule has 16 heavy (non-hydrogen) atoms. The molecule has 0 saturated carbocycles. The number of hydrogen-bond donors (Lipinski definition) is 1. The summed E-state index contributed by atoms with van der Waals surface area (Å²) in [5, 5.41) is 0. The Labute approximate surface area is 96.9 Å². The van der Waals surface area contributed by atoms with Gasteiger partial charge in [0.15, 0.2) is 0 Å². The van der Waals surface area contributed by atoms with E-state index in [1.807, 2.05) is 0 Å². The van der Waals surface area contributed by atoms with Gasteiger partial charge in [0.25, 0.3) is 0 Å². The van der Waals surface area contributed by atoms with E-state index < -0.39 is 0 Å². The summed E-state index contributed by atoms with van der Waals surface area (Å²) < 4.78 is 5.03. The molecule has 0 fully saturated rings. The molecule has 0 saturated heterocycles. The average Bonchev–Trinajstić information content (AvgIpc) is 2.33. The van der Waals surface area contributed by atoms with Crippen LogP contribution in [0.4, 0.5) is 5.69 Å². The van der Waals surface area contributed by atoms with E-state index in [-0.39, 0.29) is 5.97 Å². The van der Waals surface area contributed by atoms with Crippen molar-refractivity contribution in [3.05, 3.63) is 43.0 Å². The van der Waals surface area contributed by atoms with Crippen LogP contribution in [0.25, 0.3) is 0 Å². The molecule has 0 atom stereocenters. The molecule has 0 aliphatic carbocycles. The van der Waals surface area contributed by atoms with E-state index in [0.29, 0.717) is 17.9 Å². The lowest BCUT2D eigenvalue weighted by atomic mass is 10.2. The van der Waals surface area contributed by atoms with Crippen LogP contribution < -0.4 is 5.73 Å².